The van der Waals surface area contributed by atoms with E-state index in [1.165, 1.54) is 5.56 Å². The normalized spacial score (nSPS) is 13.0. The largest absolute Gasteiger partial charge is 0.361 e. The number of imidazole rings is 1. The van der Waals surface area contributed by atoms with Gasteiger partial charge in [0, 0.05) is 6.07 Å². The molecule has 0 saturated heterocycles. The van der Waals surface area contributed by atoms with Crippen molar-refractivity contribution >= 4 is 22.6 Å². The van der Waals surface area contributed by atoms with Gasteiger partial charge >= 0.3 is 0 Å². The number of aromatic nitrogens is 3. The number of hydrogen-bond acceptors (Lipinski definition) is 3. The molecule has 0 radical (unpaired) electrons. The molecule has 0 amide bonds. The Morgan fingerprint density at radius 2 is 2.15 bits per heavy atom. The van der Waals surface area contributed by atoms with Crippen LogP contribution in [-0.2, 0) is 6.54 Å². The Bertz CT molecular complexity index is 758. The molecule has 0 bridgehead atoms. The van der Waals surface area contributed by atoms with Gasteiger partial charge in [0.2, 0.25) is 0 Å². The molecule has 1 aromatic carbocycles. The Labute approximate surface area is 122 Å². The van der Waals surface area contributed by atoms with Crippen molar-refractivity contribution in [3.05, 3.63) is 47.1 Å². The highest BCUT2D eigenvalue weighted by Crippen LogP contribution is 2.27. The zero-order chi connectivity index (χ0) is 14.3. The number of aryl methyl sites for hydroxylation is 2. The van der Waals surface area contributed by atoms with Gasteiger partial charge in [0.25, 0.3) is 0 Å². The molecule has 2 heterocycles. The molecule has 5 heteroatoms. The van der Waals surface area contributed by atoms with Gasteiger partial charge in [-0.2, -0.15) is 0 Å². The maximum Gasteiger partial charge on any atom is 0.133 e. The second kappa shape index (κ2) is 4.94. The highest BCUT2D eigenvalue weighted by atomic mass is 35.5. The SMILES string of the molecule is Cc1cc(Cn2c(C(C)Cl)nc3cccc(C)c32)no1. The first-order valence-corrected chi connectivity index (χ1v) is 7.02. The average molecular weight is 290 g/mol. The minimum absolute atomic E-state index is 0.158. The second-order valence-electron chi connectivity index (χ2n) is 5.04. The third-order valence-corrected chi connectivity index (χ3v) is 3.55. The molecule has 0 N–H and O–H groups in total. The van der Waals surface area contributed by atoms with Gasteiger partial charge < -0.3 is 9.09 Å². The van der Waals surface area contributed by atoms with Crippen LogP contribution < -0.4 is 0 Å². The zero-order valence-electron chi connectivity index (χ0n) is 11.7. The van der Waals surface area contributed by atoms with Crippen molar-refractivity contribution < 1.29 is 4.52 Å². The highest BCUT2D eigenvalue weighted by Gasteiger charge is 2.17. The number of nitrogens with zero attached hydrogens (tertiary/aromatic N) is 3. The van der Waals surface area contributed by atoms with Gasteiger partial charge in [-0.05, 0) is 32.4 Å². The van der Waals surface area contributed by atoms with Crippen LogP contribution in [0.5, 0.6) is 0 Å². The molecule has 0 aliphatic heterocycles. The molecule has 20 heavy (non-hydrogen) atoms. The van der Waals surface area contributed by atoms with Crippen molar-refractivity contribution in [2.75, 3.05) is 0 Å². The van der Waals surface area contributed by atoms with Crippen molar-refractivity contribution in [2.45, 2.75) is 32.7 Å². The van der Waals surface area contributed by atoms with Gasteiger partial charge in [-0.15, -0.1) is 11.6 Å². The fraction of sp³-hybridized carbons (Fsp3) is 0.333. The maximum absolute atomic E-state index is 6.28. The van der Waals surface area contributed by atoms with Crippen molar-refractivity contribution in [3.8, 4) is 0 Å². The lowest BCUT2D eigenvalue weighted by Gasteiger charge is -2.09. The summed E-state index contributed by atoms with van der Waals surface area (Å²) in [6, 6.07) is 8.04. The molecule has 3 aromatic rings. The Kier molecular flexibility index (Phi) is 3.26. The molecule has 1 unspecified atom stereocenters. The third kappa shape index (κ3) is 2.20. The summed E-state index contributed by atoms with van der Waals surface area (Å²) in [7, 11) is 0. The molecule has 104 valence electrons. The molecule has 0 aliphatic carbocycles. The number of benzene rings is 1. The first-order valence-electron chi connectivity index (χ1n) is 6.58. The van der Waals surface area contributed by atoms with Crippen LogP contribution in [0, 0.1) is 13.8 Å². The Balaban J connectivity index is 2.18. The van der Waals surface area contributed by atoms with E-state index in [2.05, 4.69) is 27.7 Å². The molecule has 2 aromatic heterocycles. The van der Waals surface area contributed by atoms with E-state index in [9.17, 15) is 0 Å². The lowest BCUT2D eigenvalue weighted by atomic mass is 10.2. The summed E-state index contributed by atoms with van der Waals surface area (Å²) in [5.41, 5.74) is 4.13. The van der Waals surface area contributed by atoms with E-state index < -0.39 is 0 Å². The zero-order valence-corrected chi connectivity index (χ0v) is 12.5. The fourth-order valence-electron chi connectivity index (χ4n) is 2.50. The standard InChI is InChI=1S/C15H16ClN3O/c1-9-5-4-6-13-14(9)19(15(17-13)11(3)16)8-12-7-10(2)20-18-12/h4-7,11H,8H2,1-3H3. The van der Waals surface area contributed by atoms with Crippen molar-refractivity contribution in [1.29, 1.82) is 0 Å². The number of halogens is 1. The number of alkyl halides is 1. The summed E-state index contributed by atoms with van der Waals surface area (Å²) < 4.78 is 7.26. The van der Waals surface area contributed by atoms with E-state index in [0.717, 1.165) is 28.3 Å². The van der Waals surface area contributed by atoms with Crippen LogP contribution in [0.25, 0.3) is 11.0 Å². The average Bonchev–Trinajstić information content (AvgIpc) is 2.95. The number of fused-ring (bicyclic) bond motifs is 1. The molecule has 0 saturated carbocycles. The molecular formula is C15H16ClN3O. The lowest BCUT2D eigenvalue weighted by molar-refractivity contribution is 0.389. The maximum atomic E-state index is 6.28. The van der Waals surface area contributed by atoms with E-state index in [4.69, 9.17) is 16.1 Å². The predicted octanol–water partition coefficient (Wildman–Crippen LogP) is 3.99. The smallest absolute Gasteiger partial charge is 0.133 e. The van der Waals surface area contributed by atoms with Gasteiger partial charge in [-0.1, -0.05) is 17.3 Å². The summed E-state index contributed by atoms with van der Waals surface area (Å²) in [6.07, 6.45) is 0. The quantitative estimate of drug-likeness (QED) is 0.685. The van der Waals surface area contributed by atoms with Crippen LogP contribution in [-0.4, -0.2) is 14.7 Å². The summed E-state index contributed by atoms with van der Waals surface area (Å²) in [4.78, 5) is 4.65. The van der Waals surface area contributed by atoms with Crippen LogP contribution >= 0.6 is 11.6 Å². The first-order chi connectivity index (χ1) is 9.56. The molecule has 0 spiro atoms. The number of hydrogen-bond donors (Lipinski definition) is 0. The van der Waals surface area contributed by atoms with E-state index in [1.54, 1.807) is 0 Å². The van der Waals surface area contributed by atoms with Gasteiger partial charge in [0.1, 0.15) is 17.3 Å². The minimum Gasteiger partial charge on any atom is -0.361 e. The molecule has 4 nitrogen and oxygen atoms in total. The van der Waals surface area contributed by atoms with Gasteiger partial charge in [0.15, 0.2) is 0 Å². The lowest BCUT2D eigenvalue weighted by Crippen LogP contribution is -2.06. The molecule has 3 rings (SSSR count). The number of rotatable bonds is 3. The molecule has 0 fully saturated rings. The van der Waals surface area contributed by atoms with Crippen molar-refractivity contribution in [3.63, 3.8) is 0 Å². The van der Waals surface area contributed by atoms with Crippen molar-refractivity contribution in [2.24, 2.45) is 0 Å². The van der Waals surface area contributed by atoms with E-state index >= 15 is 0 Å². The summed E-state index contributed by atoms with van der Waals surface area (Å²) in [5.74, 6) is 1.67. The molecule has 0 aliphatic rings. The Hall–Kier alpha value is -1.81. The van der Waals surface area contributed by atoms with Crippen LogP contribution in [0.15, 0.2) is 28.8 Å². The van der Waals surface area contributed by atoms with Gasteiger partial charge in [-0.25, -0.2) is 4.98 Å². The summed E-state index contributed by atoms with van der Waals surface area (Å²) in [5, 5.41) is 3.90. The van der Waals surface area contributed by atoms with Gasteiger partial charge in [0.05, 0.1) is 23.0 Å². The third-order valence-electron chi connectivity index (χ3n) is 3.35. The van der Waals surface area contributed by atoms with Crippen LogP contribution in [0.2, 0.25) is 0 Å². The summed E-state index contributed by atoms with van der Waals surface area (Å²) >= 11 is 6.28. The highest BCUT2D eigenvalue weighted by molar-refractivity contribution is 6.20. The fourth-order valence-corrected chi connectivity index (χ4v) is 2.67. The second-order valence-corrected chi connectivity index (χ2v) is 5.70. The first kappa shape index (κ1) is 13.2. The predicted molar refractivity (Wildman–Crippen MR) is 79.1 cm³/mol. The molecular weight excluding hydrogens is 274 g/mol. The topological polar surface area (TPSA) is 43.9 Å². The van der Waals surface area contributed by atoms with Crippen LogP contribution in [0.3, 0.4) is 0 Å². The Morgan fingerprint density at radius 1 is 1.35 bits per heavy atom. The molecule has 1 atom stereocenters. The van der Waals surface area contributed by atoms with E-state index in [0.29, 0.717) is 6.54 Å². The minimum atomic E-state index is -0.158. The van der Waals surface area contributed by atoms with Crippen LogP contribution in [0.1, 0.15) is 35.1 Å². The van der Waals surface area contributed by atoms with E-state index in [1.807, 2.05) is 32.0 Å². The van der Waals surface area contributed by atoms with E-state index in [-0.39, 0.29) is 5.38 Å². The summed E-state index contributed by atoms with van der Waals surface area (Å²) in [6.45, 7) is 6.52. The monoisotopic (exact) mass is 289 g/mol. The Morgan fingerprint density at radius 3 is 2.80 bits per heavy atom. The van der Waals surface area contributed by atoms with Gasteiger partial charge in [-0.3, -0.25) is 0 Å². The van der Waals surface area contributed by atoms with Crippen molar-refractivity contribution in [1.82, 2.24) is 14.7 Å². The number of para-hydroxylation sites is 1. The van der Waals surface area contributed by atoms with Crippen LogP contribution in [0.4, 0.5) is 0 Å².